The SMILES string of the molecule is O=C(CN=C/C=N/Nc1ncc(F)c(N2CCOCC2)n1)Nc1cccc(C(F)(F)F)c1. The van der Waals surface area contributed by atoms with Gasteiger partial charge in [0.1, 0.15) is 6.54 Å². The topological polar surface area (TPSA) is 104 Å². The number of carbonyl (C=O) groups excluding carboxylic acids is 1. The maximum absolute atomic E-state index is 14.0. The van der Waals surface area contributed by atoms with E-state index >= 15 is 0 Å². The molecule has 32 heavy (non-hydrogen) atoms. The van der Waals surface area contributed by atoms with Gasteiger partial charge in [0, 0.05) is 25.0 Å². The molecule has 13 heteroatoms. The highest BCUT2D eigenvalue weighted by Gasteiger charge is 2.30. The molecule has 2 heterocycles. The van der Waals surface area contributed by atoms with E-state index in [0.29, 0.717) is 26.3 Å². The Balaban J connectivity index is 1.47. The average Bonchev–Trinajstić information content (AvgIpc) is 2.77. The molecule has 0 unspecified atom stereocenters. The molecular formula is C19H19F4N7O2. The van der Waals surface area contributed by atoms with Crippen LogP contribution in [-0.4, -0.2) is 61.2 Å². The molecular weight excluding hydrogens is 434 g/mol. The van der Waals surface area contributed by atoms with E-state index in [-0.39, 0.29) is 24.0 Å². The highest BCUT2D eigenvalue weighted by atomic mass is 19.4. The molecule has 1 aromatic carbocycles. The average molecular weight is 453 g/mol. The fourth-order valence-electron chi connectivity index (χ4n) is 2.69. The lowest BCUT2D eigenvalue weighted by molar-refractivity contribution is -0.137. The molecule has 0 saturated carbocycles. The molecule has 2 N–H and O–H groups in total. The van der Waals surface area contributed by atoms with Crippen LogP contribution in [-0.2, 0) is 15.7 Å². The highest BCUT2D eigenvalue weighted by Crippen LogP contribution is 2.30. The molecule has 0 atom stereocenters. The predicted octanol–water partition coefficient (Wildman–Crippen LogP) is 2.58. The zero-order valence-corrected chi connectivity index (χ0v) is 16.6. The zero-order chi connectivity index (χ0) is 23.0. The number of carbonyl (C=O) groups is 1. The lowest BCUT2D eigenvalue weighted by Gasteiger charge is -2.27. The second kappa shape index (κ2) is 10.6. The quantitative estimate of drug-likeness (QED) is 0.380. The number of alkyl halides is 3. The number of rotatable bonds is 7. The number of benzene rings is 1. The van der Waals surface area contributed by atoms with Gasteiger partial charge in [-0.1, -0.05) is 6.07 Å². The third-order valence-corrected chi connectivity index (χ3v) is 4.16. The predicted molar refractivity (Wildman–Crippen MR) is 111 cm³/mol. The van der Waals surface area contributed by atoms with Crippen LogP contribution in [0.2, 0.25) is 0 Å². The smallest absolute Gasteiger partial charge is 0.378 e. The molecule has 170 valence electrons. The fraction of sp³-hybridized carbons (Fsp3) is 0.316. The van der Waals surface area contributed by atoms with E-state index in [0.717, 1.165) is 18.3 Å². The number of nitrogens with one attached hydrogen (secondary N) is 2. The van der Waals surface area contributed by atoms with E-state index in [1.807, 2.05) is 0 Å². The van der Waals surface area contributed by atoms with Gasteiger partial charge in [0.2, 0.25) is 11.9 Å². The molecule has 1 aliphatic rings. The summed E-state index contributed by atoms with van der Waals surface area (Å²) >= 11 is 0. The number of amides is 1. The van der Waals surface area contributed by atoms with Gasteiger partial charge in [-0.05, 0) is 18.2 Å². The summed E-state index contributed by atoms with van der Waals surface area (Å²) in [6.45, 7) is 1.64. The summed E-state index contributed by atoms with van der Waals surface area (Å²) in [4.78, 5) is 25.2. The molecule has 0 spiro atoms. The zero-order valence-electron chi connectivity index (χ0n) is 16.6. The number of hydrogen-bond donors (Lipinski definition) is 2. The first kappa shape index (κ1) is 23.1. The van der Waals surface area contributed by atoms with Crippen molar-refractivity contribution in [2.75, 3.05) is 48.5 Å². The van der Waals surface area contributed by atoms with Crippen LogP contribution in [0.4, 0.5) is 35.0 Å². The lowest BCUT2D eigenvalue weighted by Crippen LogP contribution is -2.37. The fourth-order valence-corrected chi connectivity index (χ4v) is 2.69. The van der Waals surface area contributed by atoms with Crippen molar-refractivity contribution in [3.8, 4) is 0 Å². The van der Waals surface area contributed by atoms with E-state index in [4.69, 9.17) is 4.74 Å². The van der Waals surface area contributed by atoms with E-state index in [1.165, 1.54) is 24.6 Å². The molecule has 0 bridgehead atoms. The molecule has 3 rings (SSSR count). The van der Waals surface area contributed by atoms with E-state index < -0.39 is 23.5 Å². The minimum Gasteiger partial charge on any atom is -0.378 e. The Kier molecular flexibility index (Phi) is 7.65. The van der Waals surface area contributed by atoms with Gasteiger partial charge in [-0.25, -0.2) is 14.8 Å². The van der Waals surface area contributed by atoms with Crippen molar-refractivity contribution in [2.45, 2.75) is 6.18 Å². The van der Waals surface area contributed by atoms with Gasteiger partial charge < -0.3 is 15.0 Å². The number of hydrogen-bond acceptors (Lipinski definition) is 8. The van der Waals surface area contributed by atoms with Crippen LogP contribution in [0.15, 0.2) is 40.6 Å². The second-order valence-electron chi connectivity index (χ2n) is 6.47. The van der Waals surface area contributed by atoms with Crippen LogP contribution in [0.25, 0.3) is 0 Å². The molecule has 9 nitrogen and oxygen atoms in total. The maximum atomic E-state index is 14.0. The van der Waals surface area contributed by atoms with Crippen molar-refractivity contribution in [3.63, 3.8) is 0 Å². The number of nitrogens with zero attached hydrogens (tertiary/aromatic N) is 5. The Hall–Kier alpha value is -3.61. The molecule has 1 aromatic heterocycles. The first-order chi connectivity index (χ1) is 15.3. The number of halogens is 4. The number of hydrazone groups is 1. The third kappa shape index (κ3) is 6.70. The Morgan fingerprint density at radius 3 is 2.78 bits per heavy atom. The Morgan fingerprint density at radius 1 is 1.25 bits per heavy atom. The van der Waals surface area contributed by atoms with Crippen molar-refractivity contribution in [2.24, 2.45) is 10.1 Å². The number of aromatic nitrogens is 2. The van der Waals surface area contributed by atoms with Gasteiger partial charge in [-0.15, -0.1) is 0 Å². The summed E-state index contributed by atoms with van der Waals surface area (Å²) in [5, 5.41) is 6.14. The molecule has 1 fully saturated rings. The number of anilines is 3. The normalized spacial score (nSPS) is 14.8. The summed E-state index contributed by atoms with van der Waals surface area (Å²) in [5.41, 5.74) is 1.67. The Morgan fingerprint density at radius 2 is 2.03 bits per heavy atom. The van der Waals surface area contributed by atoms with E-state index in [9.17, 15) is 22.4 Å². The van der Waals surface area contributed by atoms with Crippen molar-refractivity contribution in [3.05, 3.63) is 41.8 Å². The van der Waals surface area contributed by atoms with Crippen molar-refractivity contribution < 1.29 is 27.1 Å². The van der Waals surface area contributed by atoms with Crippen LogP contribution >= 0.6 is 0 Å². The molecule has 1 amide bonds. The third-order valence-electron chi connectivity index (χ3n) is 4.16. The second-order valence-corrected chi connectivity index (χ2v) is 6.47. The first-order valence-corrected chi connectivity index (χ1v) is 9.43. The van der Waals surface area contributed by atoms with Gasteiger partial charge in [0.05, 0.1) is 31.2 Å². The molecule has 0 radical (unpaired) electrons. The summed E-state index contributed by atoms with van der Waals surface area (Å²) in [5.74, 6) is -0.950. The number of aliphatic imine (C=N–C) groups is 1. The Bertz CT molecular complexity index is 992. The molecule has 0 aliphatic carbocycles. The Labute approximate surface area is 180 Å². The van der Waals surface area contributed by atoms with Gasteiger partial charge in [0.25, 0.3) is 0 Å². The van der Waals surface area contributed by atoms with Gasteiger partial charge in [-0.2, -0.15) is 23.3 Å². The van der Waals surface area contributed by atoms with Crippen molar-refractivity contribution in [1.82, 2.24) is 9.97 Å². The monoisotopic (exact) mass is 453 g/mol. The lowest BCUT2D eigenvalue weighted by atomic mass is 10.2. The van der Waals surface area contributed by atoms with Gasteiger partial charge >= 0.3 is 6.18 Å². The molecule has 1 saturated heterocycles. The van der Waals surface area contributed by atoms with Crippen LogP contribution in [0.3, 0.4) is 0 Å². The van der Waals surface area contributed by atoms with E-state index in [1.54, 1.807) is 4.90 Å². The minimum atomic E-state index is -4.50. The molecule has 1 aliphatic heterocycles. The van der Waals surface area contributed by atoms with Crippen molar-refractivity contribution in [1.29, 1.82) is 0 Å². The van der Waals surface area contributed by atoms with Crippen LogP contribution in [0.5, 0.6) is 0 Å². The van der Waals surface area contributed by atoms with Crippen LogP contribution in [0, 0.1) is 5.82 Å². The maximum Gasteiger partial charge on any atom is 0.416 e. The first-order valence-electron chi connectivity index (χ1n) is 9.43. The summed E-state index contributed by atoms with van der Waals surface area (Å²) in [7, 11) is 0. The van der Waals surface area contributed by atoms with Crippen LogP contribution in [0.1, 0.15) is 5.56 Å². The van der Waals surface area contributed by atoms with Gasteiger partial charge in [-0.3, -0.25) is 9.79 Å². The summed E-state index contributed by atoms with van der Waals surface area (Å²) < 4.78 is 57.3. The van der Waals surface area contributed by atoms with E-state index in [2.05, 4.69) is 30.8 Å². The summed E-state index contributed by atoms with van der Waals surface area (Å²) in [6.07, 6.45) is -1.04. The largest absolute Gasteiger partial charge is 0.416 e. The number of ether oxygens (including phenoxy) is 1. The molecule has 2 aromatic rings. The standard InChI is InChI=1S/C19H19F4N7O2/c20-15-11-25-18(28-17(15)30-6-8-32-9-7-30)29-26-5-4-24-12-16(31)27-14-3-1-2-13(10-14)19(21,22)23/h1-5,10-11H,6-9,12H2,(H,27,31)(H,25,28,29)/b24-4?,26-5+. The summed E-state index contributed by atoms with van der Waals surface area (Å²) in [6, 6.07) is 4.28. The van der Waals surface area contributed by atoms with Crippen LogP contribution < -0.4 is 15.6 Å². The number of morpholine rings is 1. The van der Waals surface area contributed by atoms with Crippen molar-refractivity contribution >= 4 is 35.8 Å². The van der Waals surface area contributed by atoms with Gasteiger partial charge in [0.15, 0.2) is 11.6 Å². The minimum absolute atomic E-state index is 0.0138. The highest BCUT2D eigenvalue weighted by molar-refractivity contribution is 6.16.